The fourth-order valence-corrected chi connectivity index (χ4v) is 2.93. The van der Waals surface area contributed by atoms with Crippen LogP contribution in [-0.4, -0.2) is 17.0 Å². The summed E-state index contributed by atoms with van der Waals surface area (Å²) in [5.41, 5.74) is 2.02. The first-order valence-corrected chi connectivity index (χ1v) is 8.69. The Hall–Kier alpha value is -2.73. The maximum Gasteiger partial charge on any atom is 0.257 e. The van der Waals surface area contributed by atoms with Crippen molar-refractivity contribution in [1.82, 2.24) is 4.98 Å². The lowest BCUT2D eigenvalue weighted by Gasteiger charge is -2.09. The lowest BCUT2D eigenvalue weighted by molar-refractivity contribution is 0.102. The summed E-state index contributed by atoms with van der Waals surface area (Å²) in [4.78, 5) is 16.7. The van der Waals surface area contributed by atoms with Crippen LogP contribution < -0.4 is 10.1 Å². The summed E-state index contributed by atoms with van der Waals surface area (Å²) in [5.74, 6) is 0.188. The molecule has 2 aromatic carbocycles. The molecule has 0 aliphatic carbocycles. The van der Waals surface area contributed by atoms with Gasteiger partial charge in [0.2, 0.25) is 0 Å². The van der Waals surface area contributed by atoms with Crippen LogP contribution in [0.4, 0.5) is 9.52 Å². The van der Waals surface area contributed by atoms with E-state index in [9.17, 15) is 9.18 Å². The van der Waals surface area contributed by atoms with E-state index in [4.69, 9.17) is 4.74 Å². The van der Waals surface area contributed by atoms with Gasteiger partial charge in [0.15, 0.2) is 5.13 Å². The Morgan fingerprint density at radius 2 is 1.80 bits per heavy atom. The van der Waals surface area contributed by atoms with E-state index in [0.29, 0.717) is 16.4 Å². The Kier molecular flexibility index (Phi) is 5.09. The number of thiazole rings is 1. The van der Waals surface area contributed by atoms with Crippen molar-refractivity contribution in [2.45, 2.75) is 20.0 Å². The van der Waals surface area contributed by atoms with Gasteiger partial charge in [-0.15, -0.1) is 11.3 Å². The number of ether oxygens (including phenoxy) is 1. The molecule has 4 nitrogen and oxygen atoms in total. The van der Waals surface area contributed by atoms with Gasteiger partial charge >= 0.3 is 0 Å². The number of nitrogens with one attached hydrogen (secondary N) is 1. The second-order valence-electron chi connectivity index (χ2n) is 5.69. The zero-order chi connectivity index (χ0) is 17.8. The number of nitrogens with zero attached hydrogens (tertiary/aromatic N) is 1. The molecule has 0 fully saturated rings. The highest BCUT2D eigenvalue weighted by atomic mass is 32.1. The molecule has 0 aliphatic heterocycles. The van der Waals surface area contributed by atoms with Crippen molar-refractivity contribution in [2.24, 2.45) is 0 Å². The van der Waals surface area contributed by atoms with Crippen molar-refractivity contribution >= 4 is 22.4 Å². The van der Waals surface area contributed by atoms with Crippen LogP contribution in [0.3, 0.4) is 0 Å². The number of hydrogen-bond donors (Lipinski definition) is 1. The first-order valence-electron chi connectivity index (χ1n) is 7.81. The number of aromatic nitrogens is 1. The molecule has 1 heterocycles. The smallest absolute Gasteiger partial charge is 0.257 e. The van der Waals surface area contributed by atoms with Crippen molar-refractivity contribution in [1.29, 1.82) is 0 Å². The number of anilines is 1. The van der Waals surface area contributed by atoms with E-state index in [-0.39, 0.29) is 17.8 Å². The molecule has 1 N–H and O–H groups in total. The zero-order valence-corrected chi connectivity index (χ0v) is 14.6. The summed E-state index contributed by atoms with van der Waals surface area (Å²) in [7, 11) is 0. The Balaban J connectivity index is 1.68. The van der Waals surface area contributed by atoms with Gasteiger partial charge in [-0.1, -0.05) is 0 Å². The van der Waals surface area contributed by atoms with Crippen LogP contribution >= 0.6 is 11.3 Å². The van der Waals surface area contributed by atoms with Gasteiger partial charge in [0.05, 0.1) is 11.8 Å². The molecule has 1 amide bonds. The summed E-state index contributed by atoms with van der Waals surface area (Å²) in [6, 6.07) is 13.0. The van der Waals surface area contributed by atoms with Gasteiger partial charge in [-0.25, -0.2) is 9.37 Å². The maximum atomic E-state index is 13.0. The molecule has 0 spiro atoms. The summed E-state index contributed by atoms with van der Waals surface area (Å²) >= 11 is 1.32. The lowest BCUT2D eigenvalue weighted by atomic mass is 10.2. The molecule has 0 saturated heterocycles. The normalized spacial score (nSPS) is 10.7. The van der Waals surface area contributed by atoms with Crippen LogP contribution in [0.1, 0.15) is 24.2 Å². The molecule has 1 aromatic heterocycles. The Morgan fingerprint density at radius 1 is 1.12 bits per heavy atom. The number of amides is 1. The van der Waals surface area contributed by atoms with Gasteiger partial charge in [0.1, 0.15) is 11.6 Å². The second-order valence-corrected chi connectivity index (χ2v) is 6.55. The lowest BCUT2D eigenvalue weighted by Crippen LogP contribution is -2.12. The number of rotatable bonds is 5. The molecule has 128 valence electrons. The monoisotopic (exact) mass is 356 g/mol. The minimum atomic E-state index is -0.294. The molecule has 0 unspecified atom stereocenters. The zero-order valence-electron chi connectivity index (χ0n) is 13.8. The molecule has 0 radical (unpaired) electrons. The SMILES string of the molecule is CC(C)Oc1ccc(C(=O)Nc2nc(-c3ccc(F)cc3)cs2)cc1. The van der Waals surface area contributed by atoms with Crippen LogP contribution in [-0.2, 0) is 0 Å². The molecule has 0 saturated carbocycles. The standard InChI is InChI=1S/C19H17FN2O2S/c1-12(2)24-16-9-5-14(6-10-16)18(23)22-19-21-17(11-25-19)13-3-7-15(20)8-4-13/h3-12H,1-2H3,(H,21,22,23). The number of hydrogen-bond acceptors (Lipinski definition) is 4. The van der Waals surface area contributed by atoms with Crippen LogP contribution in [0, 0.1) is 5.82 Å². The molecule has 0 atom stereocenters. The van der Waals surface area contributed by atoms with E-state index in [2.05, 4.69) is 10.3 Å². The molecule has 0 bridgehead atoms. The van der Waals surface area contributed by atoms with Crippen LogP contribution in [0.2, 0.25) is 0 Å². The van der Waals surface area contributed by atoms with Gasteiger partial charge < -0.3 is 4.74 Å². The highest BCUT2D eigenvalue weighted by Crippen LogP contribution is 2.25. The molecular weight excluding hydrogens is 339 g/mol. The molecule has 25 heavy (non-hydrogen) atoms. The quantitative estimate of drug-likeness (QED) is 0.701. The van der Waals surface area contributed by atoms with E-state index in [1.54, 1.807) is 36.4 Å². The summed E-state index contributed by atoms with van der Waals surface area (Å²) in [6.45, 7) is 3.89. The third kappa shape index (κ3) is 4.42. The number of benzene rings is 2. The average molecular weight is 356 g/mol. The van der Waals surface area contributed by atoms with E-state index < -0.39 is 0 Å². The van der Waals surface area contributed by atoms with Gasteiger partial charge in [-0.3, -0.25) is 10.1 Å². The predicted molar refractivity (Wildman–Crippen MR) is 97.7 cm³/mol. The van der Waals surface area contributed by atoms with Crippen molar-refractivity contribution in [3.8, 4) is 17.0 Å². The predicted octanol–water partition coefficient (Wildman–Crippen LogP) is 4.99. The van der Waals surface area contributed by atoms with Crippen LogP contribution in [0.5, 0.6) is 5.75 Å². The van der Waals surface area contributed by atoms with E-state index in [1.807, 2.05) is 19.2 Å². The average Bonchev–Trinajstić information content (AvgIpc) is 3.04. The summed E-state index contributed by atoms with van der Waals surface area (Å²) in [5, 5.41) is 5.09. The summed E-state index contributed by atoms with van der Waals surface area (Å²) in [6.07, 6.45) is 0.0832. The van der Waals surface area contributed by atoms with Crippen LogP contribution in [0.25, 0.3) is 11.3 Å². The van der Waals surface area contributed by atoms with Gasteiger partial charge in [-0.05, 0) is 62.4 Å². The maximum absolute atomic E-state index is 13.0. The Labute approximate surface area is 149 Å². The van der Waals surface area contributed by atoms with Gasteiger partial charge in [-0.2, -0.15) is 0 Å². The van der Waals surface area contributed by atoms with Crippen molar-refractivity contribution in [3.05, 3.63) is 65.3 Å². The van der Waals surface area contributed by atoms with E-state index >= 15 is 0 Å². The number of carbonyl (C=O) groups is 1. The number of carbonyl (C=O) groups excluding carboxylic acids is 1. The molecule has 0 aliphatic rings. The van der Waals surface area contributed by atoms with Crippen molar-refractivity contribution < 1.29 is 13.9 Å². The first-order chi connectivity index (χ1) is 12.0. The third-order valence-electron chi connectivity index (χ3n) is 3.35. The van der Waals surface area contributed by atoms with Gasteiger partial charge in [0.25, 0.3) is 5.91 Å². The Bertz CT molecular complexity index is 858. The highest BCUT2D eigenvalue weighted by Gasteiger charge is 2.10. The fraction of sp³-hybridized carbons (Fsp3) is 0.158. The van der Waals surface area contributed by atoms with Gasteiger partial charge in [0, 0.05) is 16.5 Å². The van der Waals surface area contributed by atoms with Crippen molar-refractivity contribution in [2.75, 3.05) is 5.32 Å². The number of halogens is 1. The van der Waals surface area contributed by atoms with E-state index in [0.717, 1.165) is 11.3 Å². The highest BCUT2D eigenvalue weighted by molar-refractivity contribution is 7.14. The van der Waals surface area contributed by atoms with Crippen LogP contribution in [0.15, 0.2) is 53.9 Å². The third-order valence-corrected chi connectivity index (χ3v) is 4.11. The summed E-state index contributed by atoms with van der Waals surface area (Å²) < 4.78 is 18.5. The largest absolute Gasteiger partial charge is 0.491 e. The molecule has 3 aromatic rings. The second kappa shape index (κ2) is 7.44. The Morgan fingerprint density at radius 3 is 2.44 bits per heavy atom. The minimum absolute atomic E-state index is 0.0832. The first kappa shape index (κ1) is 17.1. The molecule has 3 rings (SSSR count). The molecule has 6 heteroatoms. The molecular formula is C19H17FN2O2S. The fourth-order valence-electron chi connectivity index (χ4n) is 2.21. The van der Waals surface area contributed by atoms with Crippen molar-refractivity contribution in [3.63, 3.8) is 0 Å². The topological polar surface area (TPSA) is 51.2 Å². The van der Waals surface area contributed by atoms with E-state index in [1.165, 1.54) is 23.5 Å². The minimum Gasteiger partial charge on any atom is -0.491 e.